The van der Waals surface area contributed by atoms with E-state index in [-0.39, 0.29) is 6.42 Å². The molecule has 0 aliphatic heterocycles. The van der Waals surface area contributed by atoms with E-state index in [1.807, 2.05) is 6.07 Å². The van der Waals surface area contributed by atoms with Crippen molar-refractivity contribution in [2.45, 2.75) is 31.5 Å². The molecule has 2 rings (SSSR count). The van der Waals surface area contributed by atoms with Gasteiger partial charge in [0, 0.05) is 12.8 Å². The number of aliphatic hydroxyl groups is 2. The fourth-order valence-corrected chi connectivity index (χ4v) is 2.18. The SMILES string of the molecule is O=C(O)Cc1cccc2c1CC(O)C(O)C2. The molecule has 1 aromatic rings. The summed E-state index contributed by atoms with van der Waals surface area (Å²) in [6.07, 6.45) is -0.842. The number of carboxylic acids is 1. The lowest BCUT2D eigenvalue weighted by molar-refractivity contribution is -0.136. The molecule has 86 valence electrons. The highest BCUT2D eigenvalue weighted by molar-refractivity contribution is 5.71. The molecular weight excluding hydrogens is 208 g/mol. The molecule has 0 aromatic heterocycles. The zero-order valence-corrected chi connectivity index (χ0v) is 8.76. The predicted octanol–water partition coefficient (Wildman–Crippen LogP) is 0.134. The minimum Gasteiger partial charge on any atom is -0.481 e. The van der Waals surface area contributed by atoms with Crippen LogP contribution in [0, 0.1) is 0 Å². The zero-order valence-electron chi connectivity index (χ0n) is 8.76. The number of hydrogen-bond acceptors (Lipinski definition) is 3. The summed E-state index contributed by atoms with van der Waals surface area (Å²) in [5.74, 6) is -0.881. The van der Waals surface area contributed by atoms with Gasteiger partial charge in [-0.2, -0.15) is 0 Å². The molecule has 2 atom stereocenters. The Balaban J connectivity index is 2.36. The van der Waals surface area contributed by atoms with Gasteiger partial charge >= 0.3 is 5.97 Å². The lowest BCUT2D eigenvalue weighted by Crippen LogP contribution is -2.35. The van der Waals surface area contributed by atoms with Crippen LogP contribution in [0.4, 0.5) is 0 Å². The smallest absolute Gasteiger partial charge is 0.307 e. The van der Waals surface area contributed by atoms with E-state index in [0.717, 1.165) is 16.7 Å². The van der Waals surface area contributed by atoms with Crippen LogP contribution >= 0.6 is 0 Å². The second-order valence-electron chi connectivity index (χ2n) is 4.17. The first kappa shape index (κ1) is 11.1. The van der Waals surface area contributed by atoms with Crippen LogP contribution in [0.1, 0.15) is 16.7 Å². The molecule has 0 fully saturated rings. The van der Waals surface area contributed by atoms with E-state index in [1.54, 1.807) is 12.1 Å². The largest absolute Gasteiger partial charge is 0.481 e. The highest BCUT2D eigenvalue weighted by atomic mass is 16.4. The van der Waals surface area contributed by atoms with Crippen LogP contribution in [0.25, 0.3) is 0 Å². The third-order valence-electron chi connectivity index (χ3n) is 3.00. The molecule has 16 heavy (non-hydrogen) atoms. The monoisotopic (exact) mass is 222 g/mol. The van der Waals surface area contributed by atoms with Crippen molar-refractivity contribution < 1.29 is 20.1 Å². The Morgan fingerprint density at radius 2 is 1.94 bits per heavy atom. The molecule has 1 aliphatic carbocycles. The Morgan fingerprint density at radius 3 is 2.62 bits per heavy atom. The number of aliphatic hydroxyl groups excluding tert-OH is 2. The molecule has 0 heterocycles. The van der Waals surface area contributed by atoms with Gasteiger partial charge in [-0.3, -0.25) is 4.79 Å². The third-order valence-corrected chi connectivity index (χ3v) is 3.00. The molecule has 0 saturated heterocycles. The fraction of sp³-hybridized carbons (Fsp3) is 0.417. The van der Waals surface area contributed by atoms with Gasteiger partial charge in [0.05, 0.1) is 18.6 Å². The van der Waals surface area contributed by atoms with Gasteiger partial charge in [-0.1, -0.05) is 18.2 Å². The first-order valence-electron chi connectivity index (χ1n) is 5.25. The van der Waals surface area contributed by atoms with E-state index >= 15 is 0 Å². The van der Waals surface area contributed by atoms with Crippen molar-refractivity contribution in [3.05, 3.63) is 34.9 Å². The Hall–Kier alpha value is -1.39. The van der Waals surface area contributed by atoms with Crippen molar-refractivity contribution in [2.75, 3.05) is 0 Å². The van der Waals surface area contributed by atoms with Crippen molar-refractivity contribution >= 4 is 5.97 Å². The standard InChI is InChI=1S/C12H14O4/c13-10-4-7-2-1-3-8(5-12(15)16)9(7)6-11(10)14/h1-3,10-11,13-14H,4-6H2,(H,15,16). The van der Waals surface area contributed by atoms with Gasteiger partial charge in [0.15, 0.2) is 0 Å². The molecule has 1 aromatic carbocycles. The molecule has 4 heteroatoms. The second kappa shape index (κ2) is 4.23. The van der Waals surface area contributed by atoms with Gasteiger partial charge in [-0.15, -0.1) is 0 Å². The molecule has 0 spiro atoms. The predicted molar refractivity (Wildman–Crippen MR) is 57.2 cm³/mol. The van der Waals surface area contributed by atoms with Crippen LogP contribution in [0.2, 0.25) is 0 Å². The number of carbonyl (C=O) groups is 1. The lowest BCUT2D eigenvalue weighted by atomic mass is 9.84. The normalized spacial score (nSPS) is 23.9. The number of rotatable bonds is 2. The molecule has 2 unspecified atom stereocenters. The maximum absolute atomic E-state index is 10.7. The Kier molecular flexibility index (Phi) is 2.94. The zero-order chi connectivity index (χ0) is 11.7. The van der Waals surface area contributed by atoms with Crippen molar-refractivity contribution in [3.8, 4) is 0 Å². The Labute approximate surface area is 93.2 Å². The minimum atomic E-state index is -0.881. The summed E-state index contributed by atoms with van der Waals surface area (Å²) in [7, 11) is 0. The average Bonchev–Trinajstić information content (AvgIpc) is 2.20. The average molecular weight is 222 g/mol. The van der Waals surface area contributed by atoms with E-state index in [2.05, 4.69) is 0 Å². The molecule has 0 amide bonds. The second-order valence-corrected chi connectivity index (χ2v) is 4.17. The van der Waals surface area contributed by atoms with Gasteiger partial charge in [0.2, 0.25) is 0 Å². The van der Waals surface area contributed by atoms with Crippen molar-refractivity contribution in [2.24, 2.45) is 0 Å². The topological polar surface area (TPSA) is 77.8 Å². The summed E-state index contributed by atoms with van der Waals surface area (Å²) >= 11 is 0. The summed E-state index contributed by atoms with van der Waals surface area (Å²) in [5, 5.41) is 27.9. The summed E-state index contributed by atoms with van der Waals surface area (Å²) < 4.78 is 0. The van der Waals surface area contributed by atoms with Gasteiger partial charge in [0.25, 0.3) is 0 Å². The summed E-state index contributed by atoms with van der Waals surface area (Å²) in [4.78, 5) is 10.7. The van der Waals surface area contributed by atoms with Gasteiger partial charge in [0.1, 0.15) is 0 Å². The summed E-state index contributed by atoms with van der Waals surface area (Å²) in [6.45, 7) is 0. The number of aliphatic carboxylic acids is 1. The van der Waals surface area contributed by atoms with Crippen LogP contribution in [-0.2, 0) is 24.1 Å². The van der Waals surface area contributed by atoms with Gasteiger partial charge in [-0.25, -0.2) is 0 Å². The maximum atomic E-state index is 10.7. The van der Waals surface area contributed by atoms with E-state index < -0.39 is 18.2 Å². The Morgan fingerprint density at radius 1 is 1.25 bits per heavy atom. The number of carboxylic acid groups (broad SMARTS) is 1. The van der Waals surface area contributed by atoms with Crippen molar-refractivity contribution in [3.63, 3.8) is 0 Å². The lowest BCUT2D eigenvalue weighted by Gasteiger charge is -2.27. The highest BCUT2D eigenvalue weighted by Crippen LogP contribution is 2.25. The quantitative estimate of drug-likeness (QED) is 0.665. The molecule has 3 N–H and O–H groups in total. The fourth-order valence-electron chi connectivity index (χ4n) is 2.18. The number of benzene rings is 1. The molecule has 0 bridgehead atoms. The number of hydrogen-bond donors (Lipinski definition) is 3. The van der Waals surface area contributed by atoms with Gasteiger partial charge < -0.3 is 15.3 Å². The van der Waals surface area contributed by atoms with Crippen LogP contribution < -0.4 is 0 Å². The first-order chi connectivity index (χ1) is 7.58. The van der Waals surface area contributed by atoms with E-state index in [4.69, 9.17) is 5.11 Å². The minimum absolute atomic E-state index is 0.0357. The molecule has 0 radical (unpaired) electrons. The first-order valence-corrected chi connectivity index (χ1v) is 5.25. The molecule has 0 saturated carbocycles. The van der Waals surface area contributed by atoms with Crippen LogP contribution in [-0.4, -0.2) is 33.5 Å². The summed E-state index contributed by atoms with van der Waals surface area (Å²) in [6, 6.07) is 5.43. The number of fused-ring (bicyclic) bond motifs is 1. The molecule has 4 nitrogen and oxygen atoms in total. The van der Waals surface area contributed by atoms with E-state index in [9.17, 15) is 15.0 Å². The van der Waals surface area contributed by atoms with Crippen molar-refractivity contribution in [1.82, 2.24) is 0 Å². The molecule has 1 aliphatic rings. The highest BCUT2D eigenvalue weighted by Gasteiger charge is 2.26. The van der Waals surface area contributed by atoms with E-state index in [1.165, 1.54) is 0 Å². The molecular formula is C12H14O4. The Bertz CT molecular complexity index is 413. The third kappa shape index (κ3) is 2.08. The van der Waals surface area contributed by atoms with Crippen LogP contribution in [0.3, 0.4) is 0 Å². The van der Waals surface area contributed by atoms with Crippen LogP contribution in [0.5, 0.6) is 0 Å². The van der Waals surface area contributed by atoms with Crippen LogP contribution in [0.15, 0.2) is 18.2 Å². The van der Waals surface area contributed by atoms with Gasteiger partial charge in [-0.05, 0) is 16.7 Å². The van der Waals surface area contributed by atoms with E-state index in [0.29, 0.717) is 12.8 Å². The maximum Gasteiger partial charge on any atom is 0.307 e. The summed E-state index contributed by atoms with van der Waals surface area (Å²) in [5.41, 5.74) is 2.55. The van der Waals surface area contributed by atoms with Crippen molar-refractivity contribution in [1.29, 1.82) is 0 Å².